The van der Waals surface area contributed by atoms with Crippen LogP contribution in [0.3, 0.4) is 0 Å². The molecule has 2 aromatic heterocycles. The number of hydrogen-bond acceptors (Lipinski definition) is 3. The molecule has 2 heterocycles. The predicted molar refractivity (Wildman–Crippen MR) is 109 cm³/mol. The number of nitrogens with one attached hydrogen (secondary N) is 2. The number of thiocarbonyl (C=S) groups is 1. The van der Waals surface area contributed by atoms with Crippen molar-refractivity contribution in [2.45, 2.75) is 26.4 Å². The molecule has 6 nitrogen and oxygen atoms in total. The van der Waals surface area contributed by atoms with Crippen molar-refractivity contribution in [1.82, 2.24) is 24.9 Å². The Bertz CT molecular complexity index is 872. The van der Waals surface area contributed by atoms with Crippen molar-refractivity contribution in [2.24, 2.45) is 0 Å². The Morgan fingerprint density at radius 2 is 1.92 bits per heavy atom. The van der Waals surface area contributed by atoms with Gasteiger partial charge in [-0.15, -0.1) is 0 Å². The van der Waals surface area contributed by atoms with E-state index in [1.165, 1.54) is 0 Å². The van der Waals surface area contributed by atoms with Gasteiger partial charge in [-0.1, -0.05) is 29.8 Å². The molecule has 0 saturated carbocycles. The van der Waals surface area contributed by atoms with Gasteiger partial charge in [-0.2, -0.15) is 10.2 Å². The fraction of sp³-hybridized carbons (Fsp3) is 0.278. The average Bonchev–Trinajstić information content (AvgIpc) is 3.23. The highest BCUT2D eigenvalue weighted by Crippen LogP contribution is 2.16. The topological polar surface area (TPSA) is 59.7 Å². The SMILES string of the molecule is Cc1ccn(CCCNC(=S)Nc2ccn(Cc3ccccc3Cl)n2)n1. The number of halogens is 1. The molecule has 0 unspecified atom stereocenters. The maximum atomic E-state index is 6.19. The highest BCUT2D eigenvalue weighted by atomic mass is 35.5. The van der Waals surface area contributed by atoms with Crippen LogP contribution in [0.1, 0.15) is 17.7 Å². The van der Waals surface area contributed by atoms with Crippen LogP contribution in [-0.4, -0.2) is 31.2 Å². The van der Waals surface area contributed by atoms with E-state index in [9.17, 15) is 0 Å². The van der Waals surface area contributed by atoms with Gasteiger partial charge in [0.1, 0.15) is 0 Å². The van der Waals surface area contributed by atoms with Crippen LogP contribution < -0.4 is 10.6 Å². The second-order valence-electron chi connectivity index (χ2n) is 5.94. The molecule has 0 saturated heterocycles. The molecule has 3 rings (SSSR count). The molecule has 0 bridgehead atoms. The molecule has 26 heavy (non-hydrogen) atoms. The summed E-state index contributed by atoms with van der Waals surface area (Å²) in [4.78, 5) is 0. The lowest BCUT2D eigenvalue weighted by atomic mass is 10.2. The van der Waals surface area contributed by atoms with Gasteiger partial charge >= 0.3 is 0 Å². The van der Waals surface area contributed by atoms with E-state index in [4.69, 9.17) is 23.8 Å². The first-order valence-corrected chi connectivity index (χ1v) is 9.20. The van der Waals surface area contributed by atoms with Gasteiger partial charge in [-0.3, -0.25) is 9.36 Å². The van der Waals surface area contributed by atoms with Crippen molar-refractivity contribution in [3.63, 3.8) is 0 Å². The van der Waals surface area contributed by atoms with Crippen molar-refractivity contribution >= 4 is 34.7 Å². The van der Waals surface area contributed by atoms with Crippen LogP contribution in [0.25, 0.3) is 0 Å². The van der Waals surface area contributed by atoms with E-state index in [1.54, 1.807) is 0 Å². The van der Waals surface area contributed by atoms with E-state index >= 15 is 0 Å². The maximum Gasteiger partial charge on any atom is 0.171 e. The third-order valence-electron chi connectivity index (χ3n) is 3.80. The fourth-order valence-electron chi connectivity index (χ4n) is 2.51. The smallest absolute Gasteiger partial charge is 0.171 e. The van der Waals surface area contributed by atoms with Gasteiger partial charge in [0.2, 0.25) is 0 Å². The Morgan fingerprint density at radius 1 is 1.12 bits per heavy atom. The van der Waals surface area contributed by atoms with E-state index in [-0.39, 0.29) is 0 Å². The first-order valence-electron chi connectivity index (χ1n) is 8.42. The Balaban J connectivity index is 1.42. The van der Waals surface area contributed by atoms with Gasteiger partial charge in [-0.05, 0) is 43.3 Å². The summed E-state index contributed by atoms with van der Waals surface area (Å²) in [7, 11) is 0. The lowest BCUT2D eigenvalue weighted by Gasteiger charge is -2.09. The first-order chi connectivity index (χ1) is 12.6. The molecule has 136 valence electrons. The van der Waals surface area contributed by atoms with Crippen LogP contribution in [0.15, 0.2) is 48.8 Å². The second kappa shape index (κ2) is 8.82. The molecule has 0 atom stereocenters. The van der Waals surface area contributed by atoms with E-state index in [0.29, 0.717) is 17.5 Å². The second-order valence-corrected chi connectivity index (χ2v) is 6.76. The van der Waals surface area contributed by atoms with E-state index in [0.717, 1.165) is 35.8 Å². The van der Waals surface area contributed by atoms with Gasteiger partial charge < -0.3 is 10.6 Å². The Morgan fingerprint density at radius 3 is 2.69 bits per heavy atom. The molecular formula is C18H21ClN6S. The molecule has 3 aromatic rings. The summed E-state index contributed by atoms with van der Waals surface area (Å²) in [5.41, 5.74) is 2.06. The highest BCUT2D eigenvalue weighted by Gasteiger charge is 2.04. The Labute approximate surface area is 163 Å². The molecule has 0 amide bonds. The number of rotatable bonds is 7. The molecule has 0 fully saturated rings. The van der Waals surface area contributed by atoms with Gasteiger partial charge in [-0.25, -0.2) is 0 Å². The molecule has 2 N–H and O–H groups in total. The van der Waals surface area contributed by atoms with E-state index in [1.807, 2.05) is 65.1 Å². The summed E-state index contributed by atoms with van der Waals surface area (Å²) in [5.74, 6) is 0.706. The van der Waals surface area contributed by atoms with Crippen LogP contribution in [0.5, 0.6) is 0 Å². The number of hydrogen-bond donors (Lipinski definition) is 2. The molecule has 1 aromatic carbocycles. The normalized spacial score (nSPS) is 10.7. The van der Waals surface area contributed by atoms with Crippen molar-refractivity contribution < 1.29 is 0 Å². The van der Waals surface area contributed by atoms with Gasteiger partial charge in [0, 0.05) is 36.6 Å². The highest BCUT2D eigenvalue weighted by molar-refractivity contribution is 7.80. The number of aryl methyl sites for hydroxylation is 2. The third kappa shape index (κ3) is 5.31. The number of aromatic nitrogens is 4. The van der Waals surface area contributed by atoms with Crippen LogP contribution in [0, 0.1) is 6.92 Å². The minimum atomic E-state index is 0.560. The molecule has 0 radical (unpaired) electrons. The van der Waals surface area contributed by atoms with Crippen molar-refractivity contribution in [1.29, 1.82) is 0 Å². The van der Waals surface area contributed by atoms with Crippen molar-refractivity contribution in [3.05, 3.63) is 65.1 Å². The monoisotopic (exact) mass is 388 g/mol. The molecule has 0 aliphatic heterocycles. The Hall–Kier alpha value is -2.38. The van der Waals surface area contributed by atoms with Gasteiger partial charge in [0.05, 0.1) is 12.2 Å². The molecule has 0 aliphatic carbocycles. The zero-order valence-electron chi connectivity index (χ0n) is 14.5. The minimum absolute atomic E-state index is 0.560. The summed E-state index contributed by atoms with van der Waals surface area (Å²) in [6.45, 7) is 4.23. The molecule has 8 heteroatoms. The summed E-state index contributed by atoms with van der Waals surface area (Å²) in [5, 5.41) is 16.4. The van der Waals surface area contributed by atoms with Crippen LogP contribution in [0.2, 0.25) is 5.02 Å². The largest absolute Gasteiger partial charge is 0.362 e. The van der Waals surface area contributed by atoms with Crippen LogP contribution >= 0.6 is 23.8 Å². The zero-order valence-corrected chi connectivity index (χ0v) is 16.1. The third-order valence-corrected chi connectivity index (χ3v) is 4.41. The zero-order chi connectivity index (χ0) is 18.4. The summed E-state index contributed by atoms with van der Waals surface area (Å²) in [6.07, 6.45) is 4.82. The predicted octanol–water partition coefficient (Wildman–Crippen LogP) is 3.47. The summed E-state index contributed by atoms with van der Waals surface area (Å²) in [6, 6.07) is 11.6. The summed E-state index contributed by atoms with van der Waals surface area (Å²) < 4.78 is 3.76. The summed E-state index contributed by atoms with van der Waals surface area (Å²) >= 11 is 11.5. The number of nitrogens with zero attached hydrogens (tertiary/aromatic N) is 4. The lowest BCUT2D eigenvalue weighted by molar-refractivity contribution is 0.570. The first kappa shape index (κ1) is 18.4. The van der Waals surface area contributed by atoms with Crippen LogP contribution in [0.4, 0.5) is 5.82 Å². The maximum absolute atomic E-state index is 6.19. The Kier molecular flexibility index (Phi) is 6.25. The fourth-order valence-corrected chi connectivity index (χ4v) is 2.91. The van der Waals surface area contributed by atoms with Crippen LogP contribution in [-0.2, 0) is 13.1 Å². The van der Waals surface area contributed by atoms with E-state index in [2.05, 4.69) is 20.8 Å². The van der Waals surface area contributed by atoms with Crippen molar-refractivity contribution in [3.8, 4) is 0 Å². The van der Waals surface area contributed by atoms with E-state index < -0.39 is 0 Å². The van der Waals surface area contributed by atoms with Crippen molar-refractivity contribution in [2.75, 3.05) is 11.9 Å². The molecule has 0 aliphatic rings. The average molecular weight is 389 g/mol. The standard InChI is InChI=1S/C18H21ClN6S/c1-14-7-11-24(22-14)10-4-9-20-18(26)21-17-8-12-25(23-17)13-15-5-2-3-6-16(15)19/h2-3,5-8,11-12H,4,9-10,13H2,1H3,(H2,20,21,23,26). The lowest BCUT2D eigenvalue weighted by Crippen LogP contribution is -2.30. The molecule has 0 spiro atoms. The number of benzene rings is 1. The quantitative estimate of drug-likeness (QED) is 0.479. The minimum Gasteiger partial charge on any atom is -0.362 e. The van der Waals surface area contributed by atoms with Gasteiger partial charge in [0.25, 0.3) is 0 Å². The molecular weight excluding hydrogens is 368 g/mol. The van der Waals surface area contributed by atoms with Gasteiger partial charge in [0.15, 0.2) is 10.9 Å². The number of anilines is 1.